The van der Waals surface area contributed by atoms with E-state index < -0.39 is 0 Å². The van der Waals surface area contributed by atoms with Gasteiger partial charge in [-0.15, -0.1) is 0 Å². The molecule has 1 rings (SSSR count). The van der Waals surface area contributed by atoms with Crippen LogP contribution >= 0.6 is 27.5 Å². The summed E-state index contributed by atoms with van der Waals surface area (Å²) in [6, 6.07) is 5.35. The van der Waals surface area contributed by atoms with Gasteiger partial charge in [0, 0.05) is 0 Å². The fourth-order valence-corrected chi connectivity index (χ4v) is 1.68. The standard InChI is InChI=1S/C10H8BrClO2/c1-14-10-3-2-7(6-8(10)11)9(12)4-5-13/h2-6H,1H3. The van der Waals surface area contributed by atoms with Gasteiger partial charge in [0.05, 0.1) is 16.6 Å². The van der Waals surface area contributed by atoms with Gasteiger partial charge >= 0.3 is 0 Å². The zero-order valence-electron chi connectivity index (χ0n) is 7.46. The Bertz CT molecular complexity index is 374. The third kappa shape index (κ3) is 2.59. The van der Waals surface area contributed by atoms with E-state index in [4.69, 9.17) is 16.3 Å². The predicted octanol–water partition coefficient (Wildman–Crippen LogP) is 3.24. The highest BCUT2D eigenvalue weighted by Crippen LogP contribution is 2.29. The Morgan fingerprint density at radius 1 is 1.57 bits per heavy atom. The highest BCUT2D eigenvalue weighted by atomic mass is 79.9. The molecule has 0 N–H and O–H groups in total. The van der Waals surface area contributed by atoms with Crippen molar-refractivity contribution in [2.24, 2.45) is 0 Å². The van der Waals surface area contributed by atoms with Crippen LogP contribution in [0.25, 0.3) is 5.03 Å². The lowest BCUT2D eigenvalue weighted by molar-refractivity contribution is -0.104. The van der Waals surface area contributed by atoms with Crippen LogP contribution in [0.4, 0.5) is 0 Å². The third-order valence-corrected chi connectivity index (χ3v) is 2.61. The Balaban J connectivity index is 3.08. The summed E-state index contributed by atoms with van der Waals surface area (Å²) in [7, 11) is 1.59. The highest BCUT2D eigenvalue weighted by Gasteiger charge is 2.03. The molecule has 4 heteroatoms. The van der Waals surface area contributed by atoms with Crippen molar-refractivity contribution < 1.29 is 9.53 Å². The summed E-state index contributed by atoms with van der Waals surface area (Å²) >= 11 is 9.17. The second-order valence-corrected chi connectivity index (χ2v) is 3.76. The van der Waals surface area contributed by atoms with E-state index in [1.165, 1.54) is 6.08 Å². The highest BCUT2D eigenvalue weighted by molar-refractivity contribution is 9.10. The van der Waals surface area contributed by atoms with Crippen LogP contribution in [0, 0.1) is 0 Å². The zero-order chi connectivity index (χ0) is 10.6. The number of benzene rings is 1. The van der Waals surface area contributed by atoms with Gasteiger partial charge in [0.1, 0.15) is 12.0 Å². The number of allylic oxidation sites excluding steroid dienone is 1. The van der Waals surface area contributed by atoms with Gasteiger partial charge in [-0.05, 0) is 45.8 Å². The van der Waals surface area contributed by atoms with Crippen LogP contribution in [0.5, 0.6) is 5.75 Å². The average Bonchev–Trinajstić information content (AvgIpc) is 2.18. The van der Waals surface area contributed by atoms with Crippen molar-refractivity contribution in [3.8, 4) is 5.75 Å². The van der Waals surface area contributed by atoms with Crippen LogP contribution in [0.2, 0.25) is 0 Å². The van der Waals surface area contributed by atoms with Crippen LogP contribution < -0.4 is 4.74 Å². The normalized spacial score (nSPS) is 11.2. The molecule has 14 heavy (non-hydrogen) atoms. The zero-order valence-corrected chi connectivity index (χ0v) is 9.80. The lowest BCUT2D eigenvalue weighted by atomic mass is 10.2. The molecule has 0 radical (unpaired) electrons. The number of halogens is 2. The summed E-state index contributed by atoms with van der Waals surface area (Å²) in [4.78, 5) is 10.2. The first-order chi connectivity index (χ1) is 6.69. The smallest absolute Gasteiger partial charge is 0.144 e. The van der Waals surface area contributed by atoms with E-state index in [2.05, 4.69) is 15.9 Å². The topological polar surface area (TPSA) is 26.3 Å². The van der Waals surface area contributed by atoms with Crippen molar-refractivity contribution in [1.82, 2.24) is 0 Å². The van der Waals surface area contributed by atoms with Crippen molar-refractivity contribution >= 4 is 38.8 Å². The van der Waals surface area contributed by atoms with Gasteiger partial charge in [-0.3, -0.25) is 4.79 Å². The molecule has 0 saturated heterocycles. The van der Waals surface area contributed by atoms with Gasteiger partial charge in [-0.2, -0.15) is 0 Å². The van der Waals surface area contributed by atoms with Crippen LogP contribution in [0.15, 0.2) is 28.7 Å². The number of methoxy groups -OCH3 is 1. The number of carbonyl (C=O) groups excluding carboxylic acids is 1. The molecule has 0 aliphatic heterocycles. The number of rotatable bonds is 3. The van der Waals surface area contributed by atoms with Crippen molar-refractivity contribution in [3.63, 3.8) is 0 Å². The monoisotopic (exact) mass is 274 g/mol. The molecule has 0 heterocycles. The molecule has 0 spiro atoms. The van der Waals surface area contributed by atoms with Gasteiger partial charge in [0.15, 0.2) is 0 Å². The van der Waals surface area contributed by atoms with Gasteiger partial charge < -0.3 is 4.74 Å². The molecule has 0 bridgehead atoms. The molecular formula is C10H8BrClO2. The maximum atomic E-state index is 10.2. The van der Waals surface area contributed by atoms with Crippen LogP contribution in [-0.2, 0) is 4.79 Å². The second-order valence-electron chi connectivity index (χ2n) is 2.50. The molecule has 0 aliphatic carbocycles. The van der Waals surface area contributed by atoms with E-state index in [1.807, 2.05) is 0 Å². The summed E-state index contributed by atoms with van der Waals surface area (Å²) in [5.41, 5.74) is 0.770. The molecule has 0 atom stereocenters. The first kappa shape index (κ1) is 11.3. The number of carbonyl (C=O) groups is 1. The Kier molecular flexibility index (Phi) is 4.17. The Hall–Kier alpha value is -0.800. The first-order valence-corrected chi connectivity index (χ1v) is 5.01. The minimum absolute atomic E-state index is 0.406. The van der Waals surface area contributed by atoms with E-state index in [0.29, 0.717) is 11.3 Å². The van der Waals surface area contributed by atoms with Gasteiger partial charge in [0.25, 0.3) is 0 Å². The van der Waals surface area contributed by atoms with E-state index in [0.717, 1.165) is 15.8 Å². The van der Waals surface area contributed by atoms with Crippen LogP contribution in [-0.4, -0.2) is 13.4 Å². The van der Waals surface area contributed by atoms with Gasteiger partial charge in [-0.25, -0.2) is 0 Å². The molecule has 0 unspecified atom stereocenters. The molecule has 0 fully saturated rings. The quantitative estimate of drug-likeness (QED) is 0.625. The van der Waals surface area contributed by atoms with Crippen molar-refractivity contribution in [2.75, 3.05) is 7.11 Å². The van der Waals surface area contributed by atoms with Crippen molar-refractivity contribution in [3.05, 3.63) is 34.3 Å². The largest absolute Gasteiger partial charge is 0.496 e. The summed E-state index contributed by atoms with van der Waals surface area (Å²) in [5.74, 6) is 0.726. The van der Waals surface area contributed by atoms with E-state index in [1.54, 1.807) is 25.3 Å². The Labute approximate surface area is 95.6 Å². The SMILES string of the molecule is COc1ccc(C(Cl)=CC=O)cc1Br. The summed E-state index contributed by atoms with van der Waals surface area (Å²) in [5, 5.41) is 0.406. The summed E-state index contributed by atoms with van der Waals surface area (Å²) in [6.45, 7) is 0. The molecule has 0 aliphatic rings. The molecular weight excluding hydrogens is 267 g/mol. The van der Waals surface area contributed by atoms with E-state index in [-0.39, 0.29) is 0 Å². The number of aldehydes is 1. The maximum Gasteiger partial charge on any atom is 0.144 e. The lowest BCUT2D eigenvalue weighted by Crippen LogP contribution is -1.85. The van der Waals surface area contributed by atoms with Crippen LogP contribution in [0.3, 0.4) is 0 Å². The average molecular weight is 276 g/mol. The lowest BCUT2D eigenvalue weighted by Gasteiger charge is -2.04. The van der Waals surface area contributed by atoms with E-state index in [9.17, 15) is 4.79 Å². The van der Waals surface area contributed by atoms with Crippen molar-refractivity contribution in [2.45, 2.75) is 0 Å². The van der Waals surface area contributed by atoms with E-state index >= 15 is 0 Å². The molecule has 0 amide bonds. The first-order valence-electron chi connectivity index (χ1n) is 3.84. The Morgan fingerprint density at radius 2 is 2.29 bits per heavy atom. The molecule has 0 saturated carbocycles. The minimum atomic E-state index is 0.406. The molecule has 74 valence electrons. The number of hydrogen-bond donors (Lipinski definition) is 0. The fourth-order valence-electron chi connectivity index (χ4n) is 0.971. The predicted molar refractivity (Wildman–Crippen MR) is 60.6 cm³/mol. The number of ether oxygens (including phenoxy) is 1. The third-order valence-electron chi connectivity index (χ3n) is 1.64. The minimum Gasteiger partial charge on any atom is -0.496 e. The fraction of sp³-hybridized carbons (Fsp3) is 0.100. The summed E-state index contributed by atoms with van der Waals surface area (Å²) < 4.78 is 5.86. The molecule has 1 aromatic carbocycles. The number of hydrogen-bond acceptors (Lipinski definition) is 2. The second kappa shape index (κ2) is 5.17. The van der Waals surface area contributed by atoms with Gasteiger partial charge in [-0.1, -0.05) is 11.6 Å². The molecule has 0 aromatic heterocycles. The van der Waals surface area contributed by atoms with Crippen LogP contribution in [0.1, 0.15) is 5.56 Å². The summed E-state index contributed by atoms with van der Waals surface area (Å²) in [6.07, 6.45) is 1.95. The van der Waals surface area contributed by atoms with Gasteiger partial charge in [0.2, 0.25) is 0 Å². The molecule has 1 aromatic rings. The van der Waals surface area contributed by atoms with Crippen molar-refractivity contribution in [1.29, 1.82) is 0 Å². The molecule has 2 nitrogen and oxygen atoms in total. The maximum absolute atomic E-state index is 10.2. The Morgan fingerprint density at radius 3 is 2.79 bits per heavy atom.